The number of nitrogens with zero attached hydrogens (tertiary/aromatic N) is 1. The number of hydrogen-bond donors (Lipinski definition) is 3. The molecule has 0 fully saturated rings. The lowest BCUT2D eigenvalue weighted by Gasteiger charge is -2.27. The molecule has 3 N–H and O–H groups in total. The molecular weight excluding hydrogens is 404 g/mol. The highest BCUT2D eigenvalue weighted by Gasteiger charge is 2.21. The fourth-order valence-electron chi connectivity index (χ4n) is 3.64. The van der Waals surface area contributed by atoms with E-state index in [0.29, 0.717) is 26.4 Å². The Morgan fingerprint density at radius 2 is 1.88 bits per heavy atom. The number of aromatic nitrogens is 1. The Bertz CT molecular complexity index is 1090. The Labute approximate surface area is 188 Å². The van der Waals surface area contributed by atoms with E-state index in [4.69, 9.17) is 9.47 Å². The van der Waals surface area contributed by atoms with Gasteiger partial charge in [0.15, 0.2) is 6.73 Å². The van der Waals surface area contributed by atoms with Crippen molar-refractivity contribution in [1.82, 2.24) is 20.5 Å². The van der Waals surface area contributed by atoms with Crippen LogP contribution in [-0.2, 0) is 11.3 Å². The molecule has 0 saturated heterocycles. The van der Waals surface area contributed by atoms with E-state index < -0.39 is 0 Å². The largest absolute Gasteiger partial charge is 0.497 e. The van der Waals surface area contributed by atoms with Gasteiger partial charge in [0.1, 0.15) is 11.5 Å². The first kappa shape index (κ1) is 21.4. The van der Waals surface area contributed by atoms with Crippen LogP contribution in [0.2, 0.25) is 0 Å². The molecule has 2 aromatic carbocycles. The summed E-state index contributed by atoms with van der Waals surface area (Å²) < 4.78 is 11.3. The highest BCUT2D eigenvalue weighted by molar-refractivity contribution is 5.74. The average molecular weight is 433 g/mol. The van der Waals surface area contributed by atoms with Gasteiger partial charge in [-0.25, -0.2) is 0 Å². The van der Waals surface area contributed by atoms with Crippen LogP contribution < -0.4 is 20.1 Å². The van der Waals surface area contributed by atoms with E-state index in [9.17, 15) is 4.79 Å². The van der Waals surface area contributed by atoms with Gasteiger partial charge >= 0.3 is 0 Å². The molecule has 0 spiro atoms. The van der Waals surface area contributed by atoms with Gasteiger partial charge in [-0.3, -0.25) is 4.79 Å². The molecule has 0 saturated carbocycles. The highest BCUT2D eigenvalue weighted by atomic mass is 16.5. The van der Waals surface area contributed by atoms with Gasteiger partial charge in [-0.1, -0.05) is 36.4 Å². The van der Waals surface area contributed by atoms with Gasteiger partial charge in [0, 0.05) is 49.2 Å². The molecule has 0 bridgehead atoms. The number of ether oxygens (including phenoxy) is 2. The standard InChI is InChI=1S/C25H28N4O3/c1-18(30)26-11-12-27-24-15-29(17-32-21-10-6-9-20(13-21)31-2)16-25-22(24)14-23(28-25)19-7-4-3-5-8-19/h3-10,13-15,27-28H,11-12,16-17H2,1-2H3,(H,26,30). The summed E-state index contributed by atoms with van der Waals surface area (Å²) >= 11 is 0. The fraction of sp³-hybridized carbons (Fsp3) is 0.240. The van der Waals surface area contributed by atoms with Crippen LogP contribution >= 0.6 is 0 Å². The molecular formula is C25H28N4O3. The molecule has 1 aliphatic heterocycles. The van der Waals surface area contributed by atoms with Crippen molar-refractivity contribution in [2.24, 2.45) is 0 Å². The molecule has 3 aromatic rings. The van der Waals surface area contributed by atoms with Crippen molar-refractivity contribution in [3.63, 3.8) is 0 Å². The average Bonchev–Trinajstić information content (AvgIpc) is 3.25. The van der Waals surface area contributed by atoms with Crippen molar-refractivity contribution in [1.29, 1.82) is 0 Å². The van der Waals surface area contributed by atoms with Crippen LogP contribution in [0.1, 0.15) is 18.2 Å². The Kier molecular flexibility index (Phi) is 6.65. The van der Waals surface area contributed by atoms with Gasteiger partial charge < -0.3 is 30.0 Å². The number of benzene rings is 2. The maximum atomic E-state index is 11.2. The van der Waals surface area contributed by atoms with Crippen LogP contribution in [0.3, 0.4) is 0 Å². The van der Waals surface area contributed by atoms with Crippen LogP contribution in [0.5, 0.6) is 11.5 Å². The van der Waals surface area contributed by atoms with E-state index in [-0.39, 0.29) is 5.91 Å². The third-order valence-corrected chi connectivity index (χ3v) is 5.20. The smallest absolute Gasteiger partial charge is 0.216 e. The minimum Gasteiger partial charge on any atom is -0.497 e. The summed E-state index contributed by atoms with van der Waals surface area (Å²) in [4.78, 5) is 16.9. The van der Waals surface area contributed by atoms with Gasteiger partial charge in [-0.05, 0) is 23.8 Å². The zero-order valence-corrected chi connectivity index (χ0v) is 18.4. The van der Waals surface area contributed by atoms with Crippen LogP contribution in [0, 0.1) is 0 Å². The number of H-pyrrole nitrogens is 1. The fourth-order valence-corrected chi connectivity index (χ4v) is 3.64. The molecule has 2 heterocycles. The van der Waals surface area contributed by atoms with Gasteiger partial charge in [0.25, 0.3) is 0 Å². The van der Waals surface area contributed by atoms with Gasteiger partial charge in [0.05, 0.1) is 19.4 Å². The maximum absolute atomic E-state index is 11.2. The number of hydrogen-bond acceptors (Lipinski definition) is 5. The summed E-state index contributed by atoms with van der Waals surface area (Å²) in [7, 11) is 1.64. The minimum atomic E-state index is -0.0357. The number of carbonyl (C=O) groups excluding carboxylic acids is 1. The zero-order chi connectivity index (χ0) is 22.3. The highest BCUT2D eigenvalue weighted by Crippen LogP contribution is 2.30. The van der Waals surface area contributed by atoms with Gasteiger partial charge in [0.2, 0.25) is 5.91 Å². The lowest BCUT2D eigenvalue weighted by Crippen LogP contribution is -2.33. The van der Waals surface area contributed by atoms with Gasteiger partial charge in [-0.15, -0.1) is 0 Å². The molecule has 7 heteroatoms. The summed E-state index contributed by atoms with van der Waals surface area (Å²) in [5, 5.41) is 6.28. The molecule has 4 rings (SSSR count). The summed E-state index contributed by atoms with van der Waals surface area (Å²) in [5.41, 5.74) is 5.44. The molecule has 1 amide bonds. The van der Waals surface area contributed by atoms with E-state index in [1.54, 1.807) is 7.11 Å². The number of amides is 1. The number of methoxy groups -OCH3 is 1. The summed E-state index contributed by atoms with van der Waals surface area (Å²) in [6, 6.07) is 20.0. The first-order valence-electron chi connectivity index (χ1n) is 10.6. The minimum absolute atomic E-state index is 0.0357. The topological polar surface area (TPSA) is 78.6 Å². The number of aromatic amines is 1. The second-order valence-corrected chi connectivity index (χ2v) is 7.59. The van der Waals surface area contributed by atoms with Crippen LogP contribution in [0.4, 0.5) is 0 Å². The van der Waals surface area contributed by atoms with Crippen molar-refractivity contribution in [3.8, 4) is 22.8 Å². The zero-order valence-electron chi connectivity index (χ0n) is 18.4. The summed E-state index contributed by atoms with van der Waals surface area (Å²) in [6.45, 7) is 3.79. The Balaban J connectivity index is 1.51. The first-order valence-corrected chi connectivity index (χ1v) is 10.6. The third-order valence-electron chi connectivity index (χ3n) is 5.20. The molecule has 0 aliphatic carbocycles. The predicted molar refractivity (Wildman–Crippen MR) is 125 cm³/mol. The second kappa shape index (κ2) is 9.96. The molecule has 0 radical (unpaired) electrons. The van der Waals surface area contributed by atoms with E-state index >= 15 is 0 Å². The van der Waals surface area contributed by atoms with E-state index in [0.717, 1.165) is 39.7 Å². The Morgan fingerprint density at radius 1 is 1.06 bits per heavy atom. The quantitative estimate of drug-likeness (QED) is 0.451. The second-order valence-electron chi connectivity index (χ2n) is 7.59. The number of rotatable bonds is 9. The van der Waals surface area contributed by atoms with Crippen molar-refractivity contribution in [2.45, 2.75) is 13.5 Å². The number of fused-ring (bicyclic) bond motifs is 1. The molecule has 7 nitrogen and oxygen atoms in total. The number of nitrogens with one attached hydrogen (secondary N) is 3. The molecule has 166 valence electrons. The Hall–Kier alpha value is -3.87. The predicted octanol–water partition coefficient (Wildman–Crippen LogP) is 3.57. The monoisotopic (exact) mass is 432 g/mol. The van der Waals surface area contributed by atoms with Gasteiger partial charge in [-0.2, -0.15) is 0 Å². The van der Waals surface area contributed by atoms with Crippen molar-refractivity contribution in [3.05, 3.63) is 78.1 Å². The van der Waals surface area contributed by atoms with E-state index in [2.05, 4.69) is 44.9 Å². The molecule has 1 aromatic heterocycles. The van der Waals surface area contributed by atoms with Crippen LogP contribution in [0.15, 0.2) is 66.9 Å². The SMILES string of the molecule is COc1cccc(OCN2C=C(NCCNC(C)=O)c3cc(-c4ccccc4)[nH]c3C2)c1. The molecule has 0 atom stereocenters. The third kappa shape index (κ3) is 5.24. The van der Waals surface area contributed by atoms with Crippen molar-refractivity contribution >= 4 is 11.6 Å². The van der Waals surface area contributed by atoms with Crippen LogP contribution in [-0.4, -0.2) is 42.7 Å². The van der Waals surface area contributed by atoms with Crippen molar-refractivity contribution < 1.29 is 14.3 Å². The molecule has 32 heavy (non-hydrogen) atoms. The Morgan fingerprint density at radius 3 is 2.66 bits per heavy atom. The molecule has 1 aliphatic rings. The lowest BCUT2D eigenvalue weighted by atomic mass is 10.1. The number of carbonyl (C=O) groups is 1. The van der Waals surface area contributed by atoms with Crippen molar-refractivity contribution in [2.75, 3.05) is 26.9 Å². The first-order chi connectivity index (χ1) is 15.6. The summed E-state index contributed by atoms with van der Waals surface area (Å²) in [6.07, 6.45) is 2.07. The van der Waals surface area contributed by atoms with E-state index in [1.807, 2.05) is 42.5 Å². The van der Waals surface area contributed by atoms with Crippen LogP contribution in [0.25, 0.3) is 17.0 Å². The lowest BCUT2D eigenvalue weighted by molar-refractivity contribution is -0.118. The summed E-state index contributed by atoms with van der Waals surface area (Å²) in [5.74, 6) is 1.47. The maximum Gasteiger partial charge on any atom is 0.216 e. The van der Waals surface area contributed by atoms with E-state index in [1.165, 1.54) is 6.92 Å². The normalized spacial score (nSPS) is 12.6. The molecule has 0 unspecified atom stereocenters.